The Labute approximate surface area is 163 Å². The number of benzene rings is 1. The summed E-state index contributed by atoms with van der Waals surface area (Å²) in [5.41, 5.74) is 3.43. The van der Waals surface area contributed by atoms with E-state index in [2.05, 4.69) is 22.0 Å². The first-order valence-electron chi connectivity index (χ1n) is 9.48. The van der Waals surface area contributed by atoms with Crippen LogP contribution in [-0.4, -0.2) is 53.4 Å². The highest BCUT2D eigenvalue weighted by atomic mass is 16.3. The van der Waals surface area contributed by atoms with Crippen molar-refractivity contribution in [3.05, 3.63) is 47.0 Å². The van der Waals surface area contributed by atoms with Gasteiger partial charge in [-0.25, -0.2) is 9.97 Å². The van der Waals surface area contributed by atoms with E-state index in [9.17, 15) is 9.90 Å². The Balaban J connectivity index is 1.87. The fraction of sp³-hybridized carbons (Fsp3) is 0.381. The number of aliphatic hydroxyl groups is 1. The summed E-state index contributed by atoms with van der Waals surface area (Å²) < 4.78 is 1.48. The van der Waals surface area contributed by atoms with Crippen LogP contribution in [0.4, 0.5) is 11.5 Å². The summed E-state index contributed by atoms with van der Waals surface area (Å²) in [5, 5.41) is 10.1. The van der Waals surface area contributed by atoms with Gasteiger partial charge in [-0.2, -0.15) is 0 Å². The molecule has 0 bridgehead atoms. The van der Waals surface area contributed by atoms with Gasteiger partial charge in [0, 0.05) is 58.0 Å². The molecule has 1 aliphatic heterocycles. The van der Waals surface area contributed by atoms with Gasteiger partial charge in [0.1, 0.15) is 11.2 Å². The standard InChI is InChI=1S/C21H25N5O2/c1-24(2)16-6-4-15(5-7-16)17-10-18-19(21(28)25(3)13-22-18)20(23-17)26-9-8-14(11-26)12-27/h4-7,10,13-14,27H,8-9,11-12H2,1-3H3. The minimum absolute atomic E-state index is 0.102. The van der Waals surface area contributed by atoms with Crippen molar-refractivity contribution in [1.82, 2.24) is 14.5 Å². The van der Waals surface area contributed by atoms with E-state index >= 15 is 0 Å². The summed E-state index contributed by atoms with van der Waals surface area (Å²) in [5.74, 6) is 0.870. The minimum atomic E-state index is -0.102. The van der Waals surface area contributed by atoms with Crippen LogP contribution in [0.25, 0.3) is 22.2 Å². The SMILES string of the molecule is CN(C)c1ccc(-c2cc3ncn(C)c(=O)c3c(N3CCC(CO)C3)n2)cc1. The fourth-order valence-corrected chi connectivity index (χ4v) is 3.68. The molecule has 1 fully saturated rings. The van der Waals surface area contributed by atoms with Crippen molar-refractivity contribution in [2.75, 3.05) is 43.6 Å². The molecule has 1 aromatic carbocycles. The highest BCUT2D eigenvalue weighted by molar-refractivity contribution is 5.92. The van der Waals surface area contributed by atoms with E-state index in [0.29, 0.717) is 23.3 Å². The lowest BCUT2D eigenvalue weighted by Crippen LogP contribution is -2.26. The Hall–Kier alpha value is -2.93. The van der Waals surface area contributed by atoms with Gasteiger partial charge in [0.2, 0.25) is 0 Å². The molecule has 4 rings (SSSR count). The average Bonchev–Trinajstić information content (AvgIpc) is 3.19. The van der Waals surface area contributed by atoms with Crippen LogP contribution in [0, 0.1) is 5.92 Å². The predicted molar refractivity (Wildman–Crippen MR) is 112 cm³/mol. The summed E-state index contributed by atoms with van der Waals surface area (Å²) in [6.45, 7) is 1.62. The van der Waals surface area contributed by atoms with Crippen LogP contribution >= 0.6 is 0 Å². The predicted octanol–water partition coefficient (Wildman–Crippen LogP) is 1.88. The van der Waals surface area contributed by atoms with Crippen molar-refractivity contribution >= 4 is 22.4 Å². The third kappa shape index (κ3) is 3.22. The maximum absolute atomic E-state index is 12.8. The zero-order valence-electron chi connectivity index (χ0n) is 16.5. The smallest absolute Gasteiger partial charge is 0.264 e. The van der Waals surface area contributed by atoms with Crippen molar-refractivity contribution in [1.29, 1.82) is 0 Å². The molecule has 3 heterocycles. The van der Waals surface area contributed by atoms with Crippen LogP contribution in [0.5, 0.6) is 0 Å². The number of aryl methyl sites for hydroxylation is 1. The van der Waals surface area contributed by atoms with Crippen LogP contribution in [0.15, 0.2) is 41.5 Å². The number of hydrogen-bond acceptors (Lipinski definition) is 6. The van der Waals surface area contributed by atoms with Gasteiger partial charge in [0.05, 0.1) is 17.5 Å². The molecular weight excluding hydrogens is 354 g/mol. The summed E-state index contributed by atoms with van der Waals surface area (Å²) >= 11 is 0. The van der Waals surface area contributed by atoms with Crippen LogP contribution < -0.4 is 15.4 Å². The number of anilines is 2. The summed E-state index contributed by atoms with van der Waals surface area (Å²) in [4.78, 5) is 26.3. The quantitative estimate of drug-likeness (QED) is 0.746. The first-order chi connectivity index (χ1) is 13.5. The summed E-state index contributed by atoms with van der Waals surface area (Å²) in [6.07, 6.45) is 2.44. The van der Waals surface area contributed by atoms with Crippen LogP contribution in [0.3, 0.4) is 0 Å². The Morgan fingerprint density at radius 3 is 2.64 bits per heavy atom. The number of fused-ring (bicyclic) bond motifs is 1. The van der Waals surface area contributed by atoms with E-state index in [0.717, 1.165) is 29.9 Å². The molecule has 1 N–H and O–H groups in total. The molecule has 1 aliphatic rings. The molecule has 0 spiro atoms. The van der Waals surface area contributed by atoms with E-state index in [-0.39, 0.29) is 18.1 Å². The van der Waals surface area contributed by atoms with E-state index in [1.54, 1.807) is 13.4 Å². The Kier molecular flexibility index (Phi) is 4.77. The second-order valence-corrected chi connectivity index (χ2v) is 7.61. The molecule has 2 aromatic heterocycles. The van der Waals surface area contributed by atoms with E-state index < -0.39 is 0 Å². The van der Waals surface area contributed by atoms with Crippen molar-refractivity contribution in [3.63, 3.8) is 0 Å². The Bertz CT molecular complexity index is 1060. The zero-order valence-corrected chi connectivity index (χ0v) is 16.5. The number of nitrogens with zero attached hydrogens (tertiary/aromatic N) is 5. The molecular formula is C21H25N5O2. The van der Waals surface area contributed by atoms with Gasteiger partial charge < -0.3 is 19.5 Å². The molecule has 1 atom stereocenters. The average molecular weight is 379 g/mol. The molecule has 1 saturated heterocycles. The number of aromatic nitrogens is 3. The third-order valence-electron chi connectivity index (χ3n) is 5.41. The largest absolute Gasteiger partial charge is 0.396 e. The second kappa shape index (κ2) is 7.24. The van der Waals surface area contributed by atoms with Gasteiger partial charge in [-0.3, -0.25) is 4.79 Å². The topological polar surface area (TPSA) is 74.5 Å². The van der Waals surface area contributed by atoms with Gasteiger partial charge in [0.15, 0.2) is 0 Å². The van der Waals surface area contributed by atoms with Crippen molar-refractivity contribution < 1.29 is 5.11 Å². The normalized spacial score (nSPS) is 16.7. The van der Waals surface area contributed by atoms with Crippen LogP contribution in [0.1, 0.15) is 6.42 Å². The van der Waals surface area contributed by atoms with E-state index in [1.807, 2.05) is 37.2 Å². The van der Waals surface area contributed by atoms with Crippen molar-refractivity contribution in [3.8, 4) is 11.3 Å². The van der Waals surface area contributed by atoms with Crippen molar-refractivity contribution in [2.24, 2.45) is 13.0 Å². The van der Waals surface area contributed by atoms with Crippen LogP contribution in [-0.2, 0) is 7.05 Å². The molecule has 7 nitrogen and oxygen atoms in total. The molecule has 0 amide bonds. The molecule has 0 saturated carbocycles. The Morgan fingerprint density at radius 2 is 2.00 bits per heavy atom. The van der Waals surface area contributed by atoms with Gasteiger partial charge in [-0.1, -0.05) is 12.1 Å². The first-order valence-corrected chi connectivity index (χ1v) is 9.48. The summed E-state index contributed by atoms with van der Waals surface area (Å²) in [7, 11) is 5.71. The van der Waals surface area contributed by atoms with Gasteiger partial charge >= 0.3 is 0 Å². The lowest BCUT2D eigenvalue weighted by Gasteiger charge is -2.20. The maximum Gasteiger partial charge on any atom is 0.264 e. The third-order valence-corrected chi connectivity index (χ3v) is 5.41. The lowest BCUT2D eigenvalue weighted by atomic mass is 10.1. The second-order valence-electron chi connectivity index (χ2n) is 7.61. The molecule has 1 unspecified atom stereocenters. The number of pyridine rings is 1. The number of rotatable bonds is 4. The summed E-state index contributed by atoms with van der Waals surface area (Å²) in [6, 6.07) is 10.1. The van der Waals surface area contributed by atoms with Crippen LogP contribution in [0.2, 0.25) is 0 Å². The van der Waals surface area contributed by atoms with Crippen molar-refractivity contribution in [2.45, 2.75) is 6.42 Å². The minimum Gasteiger partial charge on any atom is -0.396 e. The molecule has 3 aromatic rings. The molecule has 28 heavy (non-hydrogen) atoms. The molecule has 0 radical (unpaired) electrons. The van der Waals surface area contributed by atoms with Gasteiger partial charge in [0.25, 0.3) is 5.56 Å². The first kappa shape index (κ1) is 18.4. The fourth-order valence-electron chi connectivity index (χ4n) is 3.68. The number of aliphatic hydroxyl groups excluding tert-OH is 1. The molecule has 146 valence electrons. The van der Waals surface area contributed by atoms with E-state index in [1.165, 1.54) is 4.57 Å². The van der Waals surface area contributed by atoms with Gasteiger partial charge in [-0.05, 0) is 24.6 Å². The molecule has 0 aliphatic carbocycles. The monoisotopic (exact) mass is 379 g/mol. The lowest BCUT2D eigenvalue weighted by molar-refractivity contribution is 0.238. The van der Waals surface area contributed by atoms with Gasteiger partial charge in [-0.15, -0.1) is 0 Å². The number of hydrogen-bond donors (Lipinski definition) is 1. The Morgan fingerprint density at radius 1 is 1.25 bits per heavy atom. The molecule has 7 heteroatoms. The van der Waals surface area contributed by atoms with E-state index in [4.69, 9.17) is 4.98 Å². The highest BCUT2D eigenvalue weighted by Crippen LogP contribution is 2.31. The zero-order chi connectivity index (χ0) is 19.8. The highest BCUT2D eigenvalue weighted by Gasteiger charge is 2.26. The maximum atomic E-state index is 12.8.